The van der Waals surface area contributed by atoms with Crippen molar-refractivity contribution in [3.05, 3.63) is 59.7 Å². The minimum atomic E-state index is -4.01. The Bertz CT molecular complexity index is 807. The number of halogens is 2. The first-order valence-electron chi connectivity index (χ1n) is 5.72. The summed E-state index contributed by atoms with van der Waals surface area (Å²) in [6.07, 6.45) is 0. The van der Waals surface area contributed by atoms with Crippen LogP contribution < -0.4 is 10.5 Å². The van der Waals surface area contributed by atoms with E-state index in [0.29, 0.717) is 0 Å². The van der Waals surface area contributed by atoms with Crippen LogP contribution in [0.25, 0.3) is 0 Å². The van der Waals surface area contributed by atoms with Crippen molar-refractivity contribution in [1.82, 2.24) is 0 Å². The molecule has 0 radical (unpaired) electrons. The van der Waals surface area contributed by atoms with Gasteiger partial charge in [0.1, 0.15) is 17.5 Å². The lowest BCUT2D eigenvalue weighted by atomic mass is 10.2. The Balaban J connectivity index is 2.37. The summed E-state index contributed by atoms with van der Waals surface area (Å²) in [6.45, 7) is 0. The van der Waals surface area contributed by atoms with E-state index in [-0.39, 0.29) is 16.1 Å². The molecule has 2 aromatic rings. The molecule has 0 bridgehead atoms. The minimum absolute atomic E-state index is 0.0193. The highest BCUT2D eigenvalue weighted by atomic mass is 32.2. The largest absolute Gasteiger partial charge is 0.384 e. The van der Waals surface area contributed by atoms with Gasteiger partial charge in [0.15, 0.2) is 0 Å². The number of nitrogen functional groups attached to an aromatic ring is 1. The summed E-state index contributed by atoms with van der Waals surface area (Å²) in [6, 6.07) is 7.71. The quantitative estimate of drug-likeness (QED) is 0.595. The van der Waals surface area contributed by atoms with Crippen molar-refractivity contribution in [2.24, 2.45) is 5.73 Å². The molecule has 0 atom stereocenters. The van der Waals surface area contributed by atoms with Gasteiger partial charge in [-0.1, -0.05) is 6.07 Å². The Morgan fingerprint density at radius 3 is 2.48 bits per heavy atom. The highest BCUT2D eigenvalue weighted by Crippen LogP contribution is 2.19. The Hall–Kier alpha value is -2.48. The van der Waals surface area contributed by atoms with E-state index in [1.807, 2.05) is 0 Å². The van der Waals surface area contributed by atoms with Crippen LogP contribution in [-0.4, -0.2) is 14.3 Å². The molecular formula is C13H11F2N3O2S. The third-order valence-electron chi connectivity index (χ3n) is 2.62. The van der Waals surface area contributed by atoms with Crippen molar-refractivity contribution >= 4 is 21.5 Å². The van der Waals surface area contributed by atoms with E-state index in [0.717, 1.165) is 24.3 Å². The summed E-state index contributed by atoms with van der Waals surface area (Å²) in [5, 5.41) is 7.21. The van der Waals surface area contributed by atoms with Gasteiger partial charge < -0.3 is 5.73 Å². The number of hydrogen-bond acceptors (Lipinski definition) is 3. The maximum absolute atomic E-state index is 13.4. The molecule has 110 valence electrons. The Morgan fingerprint density at radius 1 is 1.14 bits per heavy atom. The van der Waals surface area contributed by atoms with Crippen molar-refractivity contribution in [2.45, 2.75) is 4.90 Å². The maximum Gasteiger partial charge on any atom is 0.261 e. The molecule has 0 fully saturated rings. The van der Waals surface area contributed by atoms with Crippen LogP contribution >= 0.6 is 0 Å². The third-order valence-corrected chi connectivity index (χ3v) is 3.99. The monoisotopic (exact) mass is 311 g/mol. The summed E-state index contributed by atoms with van der Waals surface area (Å²) in [5.41, 5.74) is 4.99. The molecule has 0 spiro atoms. The van der Waals surface area contributed by atoms with E-state index in [1.54, 1.807) is 0 Å². The first-order valence-corrected chi connectivity index (χ1v) is 7.20. The standard InChI is InChI=1S/C13H11F2N3O2S/c14-8-2-1-3-10(6-8)21(19,20)18-9-4-5-12(15)11(7-9)13(16)17/h1-7,18H,(H3,16,17). The molecule has 0 aliphatic heterocycles. The summed E-state index contributed by atoms with van der Waals surface area (Å²) in [7, 11) is -4.01. The normalized spacial score (nSPS) is 11.1. The van der Waals surface area contributed by atoms with Gasteiger partial charge in [0.25, 0.3) is 10.0 Å². The van der Waals surface area contributed by atoms with Gasteiger partial charge in [-0.2, -0.15) is 0 Å². The van der Waals surface area contributed by atoms with Gasteiger partial charge in [0.05, 0.1) is 10.5 Å². The van der Waals surface area contributed by atoms with Gasteiger partial charge >= 0.3 is 0 Å². The molecule has 0 heterocycles. The second-order valence-corrected chi connectivity index (χ2v) is 5.85. The second-order valence-electron chi connectivity index (χ2n) is 4.17. The summed E-state index contributed by atoms with van der Waals surface area (Å²) in [5.74, 6) is -1.96. The lowest BCUT2D eigenvalue weighted by Crippen LogP contribution is -2.16. The predicted octanol–water partition coefficient (Wildman–Crippen LogP) is 2.05. The number of hydrogen-bond donors (Lipinski definition) is 3. The van der Waals surface area contributed by atoms with E-state index in [9.17, 15) is 17.2 Å². The Kier molecular flexibility index (Phi) is 3.90. The Morgan fingerprint density at radius 2 is 1.86 bits per heavy atom. The lowest BCUT2D eigenvalue weighted by Gasteiger charge is -2.10. The molecule has 0 aliphatic rings. The van der Waals surface area contributed by atoms with Gasteiger partial charge in [-0.15, -0.1) is 0 Å². The fraction of sp³-hybridized carbons (Fsp3) is 0. The van der Waals surface area contributed by atoms with Crippen LogP contribution in [0.2, 0.25) is 0 Å². The predicted molar refractivity (Wildman–Crippen MR) is 74.6 cm³/mol. The minimum Gasteiger partial charge on any atom is -0.384 e. The molecule has 0 saturated heterocycles. The third kappa shape index (κ3) is 3.34. The van der Waals surface area contributed by atoms with Gasteiger partial charge in [-0.05, 0) is 36.4 Å². The summed E-state index contributed by atoms with van der Waals surface area (Å²) >= 11 is 0. The van der Waals surface area contributed by atoms with Gasteiger partial charge in [-0.25, -0.2) is 17.2 Å². The van der Waals surface area contributed by atoms with Crippen LogP contribution in [0.5, 0.6) is 0 Å². The topological polar surface area (TPSA) is 96.0 Å². The molecule has 4 N–H and O–H groups in total. The molecule has 2 rings (SSSR count). The zero-order chi connectivity index (χ0) is 15.6. The fourth-order valence-electron chi connectivity index (χ4n) is 1.64. The van der Waals surface area contributed by atoms with E-state index in [4.69, 9.17) is 11.1 Å². The van der Waals surface area contributed by atoms with Gasteiger partial charge in [0.2, 0.25) is 0 Å². The zero-order valence-electron chi connectivity index (χ0n) is 10.6. The van der Waals surface area contributed by atoms with Crippen molar-refractivity contribution in [1.29, 1.82) is 5.41 Å². The Labute approximate surface area is 120 Å². The number of nitrogens with two attached hydrogens (primary N) is 1. The van der Waals surface area contributed by atoms with Crippen LogP contribution in [-0.2, 0) is 10.0 Å². The maximum atomic E-state index is 13.4. The van der Waals surface area contributed by atoms with Crippen LogP contribution in [0, 0.1) is 17.0 Å². The molecule has 0 amide bonds. The van der Waals surface area contributed by atoms with Crippen molar-refractivity contribution in [2.75, 3.05) is 4.72 Å². The molecule has 2 aromatic carbocycles. The highest BCUT2D eigenvalue weighted by Gasteiger charge is 2.16. The van der Waals surface area contributed by atoms with Crippen molar-refractivity contribution in [3.8, 4) is 0 Å². The van der Waals surface area contributed by atoms with Crippen LogP contribution in [0.3, 0.4) is 0 Å². The SMILES string of the molecule is N=C(N)c1cc(NS(=O)(=O)c2cccc(F)c2)ccc1F. The van der Waals surface area contributed by atoms with E-state index >= 15 is 0 Å². The molecule has 0 unspecified atom stereocenters. The number of nitrogens with one attached hydrogen (secondary N) is 2. The van der Waals surface area contributed by atoms with Crippen molar-refractivity contribution in [3.63, 3.8) is 0 Å². The number of rotatable bonds is 4. The number of sulfonamides is 1. The number of amidine groups is 1. The average molecular weight is 311 g/mol. The van der Waals surface area contributed by atoms with Gasteiger partial charge in [-0.3, -0.25) is 10.1 Å². The van der Waals surface area contributed by atoms with Crippen LogP contribution in [0.1, 0.15) is 5.56 Å². The number of anilines is 1. The summed E-state index contributed by atoms with van der Waals surface area (Å²) in [4.78, 5) is -0.267. The second kappa shape index (κ2) is 5.49. The molecular weight excluding hydrogens is 300 g/mol. The number of benzene rings is 2. The van der Waals surface area contributed by atoms with E-state index in [1.165, 1.54) is 18.2 Å². The lowest BCUT2D eigenvalue weighted by molar-refractivity contribution is 0.595. The first kappa shape index (κ1) is 14.9. The molecule has 21 heavy (non-hydrogen) atoms. The van der Waals surface area contributed by atoms with Crippen molar-refractivity contribution < 1.29 is 17.2 Å². The van der Waals surface area contributed by atoms with Crippen LogP contribution in [0.4, 0.5) is 14.5 Å². The molecule has 0 saturated carbocycles. The molecule has 0 aliphatic carbocycles. The van der Waals surface area contributed by atoms with E-state index in [2.05, 4.69) is 4.72 Å². The summed E-state index contributed by atoms with van der Waals surface area (Å²) < 4.78 is 52.8. The van der Waals surface area contributed by atoms with Crippen LogP contribution in [0.15, 0.2) is 47.4 Å². The van der Waals surface area contributed by atoms with Gasteiger partial charge in [0, 0.05) is 5.69 Å². The average Bonchev–Trinajstić information content (AvgIpc) is 2.40. The first-order chi connectivity index (χ1) is 9.79. The fourth-order valence-corrected chi connectivity index (χ4v) is 2.72. The smallest absolute Gasteiger partial charge is 0.261 e. The van der Waals surface area contributed by atoms with E-state index < -0.39 is 27.5 Å². The zero-order valence-corrected chi connectivity index (χ0v) is 11.4. The molecule has 8 heteroatoms. The molecule has 0 aromatic heterocycles. The molecule has 5 nitrogen and oxygen atoms in total. The highest BCUT2D eigenvalue weighted by molar-refractivity contribution is 7.92.